The highest BCUT2D eigenvalue weighted by Crippen LogP contribution is 2.30. The minimum Gasteiger partial charge on any atom is -0.442 e. The van der Waals surface area contributed by atoms with E-state index in [0.717, 1.165) is 11.3 Å². The highest BCUT2D eigenvalue weighted by atomic mass is 32.1. The molecule has 136 valence electrons. The molecule has 1 aromatic carbocycles. The number of nitrogens with zero attached hydrogens (tertiary/aromatic N) is 3. The molecule has 1 fully saturated rings. The van der Waals surface area contributed by atoms with E-state index in [9.17, 15) is 18.8 Å². The zero-order valence-corrected chi connectivity index (χ0v) is 14.4. The number of nitrogens with one attached hydrogen (secondary N) is 1. The Morgan fingerprint density at radius 2 is 2.23 bits per heavy atom. The number of carbonyl (C=O) groups excluding carboxylic acids is 3. The average molecular weight is 379 g/mol. The van der Waals surface area contributed by atoms with Gasteiger partial charge in [0.25, 0.3) is 5.91 Å². The largest absolute Gasteiger partial charge is 0.442 e. The second-order valence-corrected chi connectivity index (χ2v) is 6.47. The molecule has 0 spiro atoms. The lowest BCUT2D eigenvalue weighted by atomic mass is 10.2. The van der Waals surface area contributed by atoms with Crippen LogP contribution in [-0.2, 0) is 9.53 Å². The van der Waals surface area contributed by atoms with Gasteiger partial charge in [0.1, 0.15) is 11.9 Å². The molecule has 0 saturated carbocycles. The molecular weight excluding hydrogens is 365 g/mol. The van der Waals surface area contributed by atoms with Crippen LogP contribution in [0.5, 0.6) is 0 Å². The summed E-state index contributed by atoms with van der Waals surface area (Å²) in [6, 6.07) is 4.14. The molecule has 1 aliphatic rings. The lowest BCUT2D eigenvalue weighted by Crippen LogP contribution is -2.33. The molecule has 0 bridgehead atoms. The van der Waals surface area contributed by atoms with Gasteiger partial charge in [0.2, 0.25) is 10.9 Å². The summed E-state index contributed by atoms with van der Waals surface area (Å²) in [5.41, 5.74) is 5.56. The minimum atomic E-state index is -0.740. The molecule has 0 aliphatic carbocycles. The lowest BCUT2D eigenvalue weighted by molar-refractivity contribution is -0.119. The Balaban J connectivity index is 1.77. The number of ether oxygens (including phenoxy) is 1. The van der Waals surface area contributed by atoms with E-state index in [2.05, 4.69) is 15.5 Å². The van der Waals surface area contributed by atoms with Gasteiger partial charge in [0, 0.05) is 12.5 Å². The highest BCUT2D eigenvalue weighted by Gasteiger charge is 2.32. The number of halogens is 1. The van der Waals surface area contributed by atoms with Crippen molar-refractivity contribution in [2.24, 2.45) is 5.73 Å². The molecule has 3 N–H and O–H groups in total. The molecule has 3 amide bonds. The average Bonchev–Trinajstić information content (AvgIpc) is 3.20. The SMILES string of the molecule is CC(=O)NC[C@H]1CN(c2ccc(-c3nnc(C(N)=O)s3)c(F)c2)C(=O)O1. The van der Waals surface area contributed by atoms with Crippen LogP contribution in [0.4, 0.5) is 14.9 Å². The van der Waals surface area contributed by atoms with Crippen molar-refractivity contribution in [1.82, 2.24) is 15.5 Å². The number of aromatic nitrogens is 2. The van der Waals surface area contributed by atoms with Gasteiger partial charge in [-0.15, -0.1) is 10.2 Å². The van der Waals surface area contributed by atoms with E-state index in [1.54, 1.807) is 0 Å². The number of nitrogens with two attached hydrogens (primary N) is 1. The number of hydrogen-bond donors (Lipinski definition) is 2. The maximum atomic E-state index is 14.5. The van der Waals surface area contributed by atoms with Gasteiger partial charge in [-0.25, -0.2) is 9.18 Å². The van der Waals surface area contributed by atoms with Gasteiger partial charge in [0.15, 0.2) is 5.01 Å². The van der Waals surface area contributed by atoms with E-state index in [4.69, 9.17) is 10.5 Å². The Morgan fingerprint density at radius 3 is 2.85 bits per heavy atom. The third-order valence-corrected chi connectivity index (χ3v) is 4.55. The number of hydrogen-bond acceptors (Lipinski definition) is 7. The highest BCUT2D eigenvalue weighted by molar-refractivity contribution is 7.16. The first-order valence-electron chi connectivity index (χ1n) is 7.51. The van der Waals surface area contributed by atoms with E-state index in [1.807, 2.05) is 0 Å². The van der Waals surface area contributed by atoms with Crippen LogP contribution in [0.3, 0.4) is 0 Å². The predicted octanol–water partition coefficient (Wildman–Crippen LogP) is 0.904. The molecule has 26 heavy (non-hydrogen) atoms. The maximum absolute atomic E-state index is 14.5. The van der Waals surface area contributed by atoms with Crippen LogP contribution >= 0.6 is 11.3 Å². The standard InChI is InChI=1S/C15H14FN5O4S/c1-7(22)18-5-9-6-21(15(24)25-9)8-2-3-10(11(16)4-8)13-19-20-14(26-13)12(17)23/h2-4,9H,5-6H2,1H3,(H2,17,23)(H,18,22)/t9-/m0/s1. The first kappa shape index (κ1) is 17.7. The van der Waals surface area contributed by atoms with Crippen LogP contribution in [0.25, 0.3) is 10.6 Å². The number of anilines is 1. The van der Waals surface area contributed by atoms with Gasteiger partial charge in [0.05, 0.1) is 18.8 Å². The van der Waals surface area contributed by atoms with Crippen molar-refractivity contribution in [3.05, 3.63) is 29.0 Å². The molecule has 3 rings (SSSR count). The maximum Gasteiger partial charge on any atom is 0.414 e. The Kier molecular flexibility index (Phi) is 4.80. The third-order valence-electron chi connectivity index (χ3n) is 3.58. The second kappa shape index (κ2) is 7.04. The smallest absolute Gasteiger partial charge is 0.414 e. The number of benzene rings is 1. The number of amides is 3. The van der Waals surface area contributed by atoms with Crippen molar-refractivity contribution in [1.29, 1.82) is 0 Å². The molecular formula is C15H14FN5O4S. The summed E-state index contributed by atoms with van der Waals surface area (Å²) in [5, 5.41) is 10.1. The van der Waals surface area contributed by atoms with E-state index in [1.165, 1.54) is 30.0 Å². The number of primary amides is 1. The molecule has 0 radical (unpaired) electrons. The Bertz CT molecular complexity index is 887. The van der Waals surface area contributed by atoms with Gasteiger partial charge in [-0.1, -0.05) is 11.3 Å². The van der Waals surface area contributed by atoms with Crippen molar-refractivity contribution in [2.45, 2.75) is 13.0 Å². The molecule has 2 aromatic rings. The van der Waals surface area contributed by atoms with E-state index < -0.39 is 23.9 Å². The summed E-state index contributed by atoms with van der Waals surface area (Å²) in [6.07, 6.45) is -1.14. The summed E-state index contributed by atoms with van der Waals surface area (Å²) in [6.45, 7) is 1.72. The van der Waals surface area contributed by atoms with Crippen molar-refractivity contribution in [3.8, 4) is 10.6 Å². The fraction of sp³-hybridized carbons (Fsp3) is 0.267. The van der Waals surface area contributed by atoms with Crippen LogP contribution < -0.4 is 16.0 Å². The topological polar surface area (TPSA) is 128 Å². The number of rotatable bonds is 5. The molecule has 1 saturated heterocycles. The van der Waals surface area contributed by atoms with Crippen LogP contribution in [-0.4, -0.2) is 47.3 Å². The lowest BCUT2D eigenvalue weighted by Gasteiger charge is -2.14. The van der Waals surface area contributed by atoms with Gasteiger partial charge < -0.3 is 15.8 Å². The van der Waals surface area contributed by atoms with Gasteiger partial charge in [-0.2, -0.15) is 0 Å². The normalized spacial score (nSPS) is 16.5. The van der Waals surface area contributed by atoms with E-state index >= 15 is 0 Å². The third kappa shape index (κ3) is 3.61. The zero-order chi connectivity index (χ0) is 18.8. The minimum absolute atomic E-state index is 0.0209. The zero-order valence-electron chi connectivity index (χ0n) is 13.6. The van der Waals surface area contributed by atoms with Crippen molar-refractivity contribution < 1.29 is 23.5 Å². The number of carbonyl (C=O) groups is 3. The molecule has 11 heteroatoms. The molecule has 1 aromatic heterocycles. The summed E-state index contributed by atoms with van der Waals surface area (Å²) >= 11 is 0.874. The van der Waals surface area contributed by atoms with E-state index in [0.29, 0.717) is 5.69 Å². The predicted molar refractivity (Wildman–Crippen MR) is 90.1 cm³/mol. The van der Waals surface area contributed by atoms with Gasteiger partial charge >= 0.3 is 6.09 Å². The van der Waals surface area contributed by atoms with Crippen LogP contribution in [0.15, 0.2) is 18.2 Å². The number of cyclic esters (lactones) is 1. The second-order valence-electron chi connectivity index (χ2n) is 5.49. The van der Waals surface area contributed by atoms with Crippen LogP contribution in [0.2, 0.25) is 0 Å². The first-order chi connectivity index (χ1) is 12.3. The molecule has 1 aliphatic heterocycles. The fourth-order valence-electron chi connectivity index (χ4n) is 2.37. The molecule has 0 unspecified atom stereocenters. The summed E-state index contributed by atoms with van der Waals surface area (Å²) in [5.74, 6) is -1.61. The van der Waals surface area contributed by atoms with Crippen LogP contribution in [0.1, 0.15) is 16.7 Å². The Labute approximate surface area is 150 Å². The quantitative estimate of drug-likeness (QED) is 0.795. The van der Waals surface area contributed by atoms with Crippen molar-refractivity contribution in [2.75, 3.05) is 18.0 Å². The first-order valence-corrected chi connectivity index (χ1v) is 8.32. The van der Waals surface area contributed by atoms with E-state index in [-0.39, 0.29) is 34.6 Å². The van der Waals surface area contributed by atoms with Gasteiger partial charge in [-0.3, -0.25) is 14.5 Å². The Morgan fingerprint density at radius 1 is 1.46 bits per heavy atom. The Hall–Kier alpha value is -3.08. The molecule has 9 nitrogen and oxygen atoms in total. The summed E-state index contributed by atoms with van der Waals surface area (Å²) < 4.78 is 19.6. The van der Waals surface area contributed by atoms with Crippen LogP contribution in [0, 0.1) is 5.82 Å². The fourth-order valence-corrected chi connectivity index (χ4v) is 3.10. The monoisotopic (exact) mass is 379 g/mol. The van der Waals surface area contributed by atoms with Crippen molar-refractivity contribution >= 4 is 34.9 Å². The molecule has 1 atom stereocenters. The van der Waals surface area contributed by atoms with Gasteiger partial charge in [-0.05, 0) is 18.2 Å². The summed E-state index contributed by atoms with van der Waals surface area (Å²) in [4.78, 5) is 35.3. The van der Waals surface area contributed by atoms with Crippen molar-refractivity contribution in [3.63, 3.8) is 0 Å². The summed E-state index contributed by atoms with van der Waals surface area (Å²) in [7, 11) is 0. The molecule has 2 heterocycles.